The summed E-state index contributed by atoms with van der Waals surface area (Å²) in [5, 5.41) is 3.74. The summed E-state index contributed by atoms with van der Waals surface area (Å²) >= 11 is 6.15. The van der Waals surface area contributed by atoms with Gasteiger partial charge in [0.1, 0.15) is 5.75 Å². The van der Waals surface area contributed by atoms with Crippen molar-refractivity contribution in [3.8, 4) is 5.75 Å². The second kappa shape index (κ2) is 9.47. The highest BCUT2D eigenvalue weighted by Gasteiger charge is 2.18. The van der Waals surface area contributed by atoms with Crippen LogP contribution >= 0.6 is 11.6 Å². The van der Waals surface area contributed by atoms with Crippen molar-refractivity contribution in [2.75, 3.05) is 6.54 Å². The number of halogens is 1. The summed E-state index contributed by atoms with van der Waals surface area (Å²) in [5.41, 5.74) is 3.34. The van der Waals surface area contributed by atoms with Crippen LogP contribution in [0.25, 0.3) is 0 Å². The molecule has 0 aliphatic heterocycles. The number of amides is 1. The van der Waals surface area contributed by atoms with E-state index in [1.165, 1.54) is 5.56 Å². The van der Waals surface area contributed by atoms with Crippen LogP contribution in [-0.4, -0.2) is 18.6 Å². The van der Waals surface area contributed by atoms with E-state index in [9.17, 15) is 4.79 Å². The lowest BCUT2D eigenvalue weighted by molar-refractivity contribution is -0.128. The smallest absolute Gasteiger partial charge is 0.261 e. The van der Waals surface area contributed by atoms with Crippen LogP contribution in [-0.2, 0) is 11.2 Å². The van der Waals surface area contributed by atoms with Gasteiger partial charge in [-0.2, -0.15) is 0 Å². The van der Waals surface area contributed by atoms with E-state index in [1.54, 1.807) is 0 Å². The van der Waals surface area contributed by atoms with E-state index in [1.807, 2.05) is 57.2 Å². The highest BCUT2D eigenvalue weighted by Crippen LogP contribution is 2.21. The molecule has 0 saturated heterocycles. The number of hydrogen-bond acceptors (Lipinski definition) is 2. The third-order valence-electron chi connectivity index (χ3n) is 4.14. The molecule has 0 heterocycles. The van der Waals surface area contributed by atoms with Gasteiger partial charge in [0.25, 0.3) is 5.91 Å². The molecule has 0 spiro atoms. The number of carbonyl (C=O) groups is 1. The SMILES string of the molecule is CC[C@H](Oc1ccc(C)cc1C)C(=O)NCCCc1ccccc1Cl. The van der Waals surface area contributed by atoms with Crippen LogP contribution < -0.4 is 10.1 Å². The zero-order valence-electron chi connectivity index (χ0n) is 15.1. The molecular weight excluding hydrogens is 334 g/mol. The Balaban J connectivity index is 1.82. The Hall–Kier alpha value is -2.00. The van der Waals surface area contributed by atoms with Crippen molar-refractivity contribution in [2.45, 2.75) is 46.1 Å². The molecular formula is C21H26ClNO2. The maximum atomic E-state index is 12.4. The van der Waals surface area contributed by atoms with E-state index in [-0.39, 0.29) is 5.91 Å². The fourth-order valence-corrected chi connectivity index (χ4v) is 2.94. The first-order chi connectivity index (χ1) is 12.0. The number of benzene rings is 2. The predicted octanol–water partition coefficient (Wildman–Crippen LogP) is 4.86. The molecule has 0 aromatic heterocycles. The van der Waals surface area contributed by atoms with Crippen molar-refractivity contribution < 1.29 is 9.53 Å². The molecule has 2 rings (SSSR count). The molecule has 2 aromatic carbocycles. The first-order valence-electron chi connectivity index (χ1n) is 8.76. The van der Waals surface area contributed by atoms with E-state index in [0.29, 0.717) is 13.0 Å². The fourth-order valence-electron chi connectivity index (χ4n) is 2.71. The van der Waals surface area contributed by atoms with Crippen LogP contribution in [0.2, 0.25) is 5.02 Å². The Bertz CT molecular complexity index is 715. The third kappa shape index (κ3) is 5.79. The van der Waals surface area contributed by atoms with Gasteiger partial charge in [-0.1, -0.05) is 54.4 Å². The standard InChI is InChI=1S/C21H26ClNO2/c1-4-19(25-20-12-11-15(2)14-16(20)3)21(24)23-13-7-9-17-8-5-6-10-18(17)22/h5-6,8,10-12,14,19H,4,7,9,13H2,1-3H3,(H,23,24)/t19-/m0/s1. The highest BCUT2D eigenvalue weighted by molar-refractivity contribution is 6.31. The number of hydrogen-bond donors (Lipinski definition) is 1. The summed E-state index contributed by atoms with van der Waals surface area (Å²) < 4.78 is 5.91. The van der Waals surface area contributed by atoms with Crippen LogP contribution in [0.3, 0.4) is 0 Å². The van der Waals surface area contributed by atoms with Crippen LogP contribution in [0, 0.1) is 13.8 Å². The van der Waals surface area contributed by atoms with Gasteiger partial charge in [-0.15, -0.1) is 0 Å². The van der Waals surface area contributed by atoms with Crippen molar-refractivity contribution in [1.29, 1.82) is 0 Å². The quantitative estimate of drug-likeness (QED) is 0.683. The molecule has 134 valence electrons. The summed E-state index contributed by atoms with van der Waals surface area (Å²) in [6, 6.07) is 13.8. The van der Waals surface area contributed by atoms with Gasteiger partial charge >= 0.3 is 0 Å². The van der Waals surface area contributed by atoms with Crippen molar-refractivity contribution in [3.05, 3.63) is 64.2 Å². The molecule has 0 radical (unpaired) electrons. The first kappa shape index (κ1) is 19.3. The Morgan fingerprint density at radius 2 is 1.96 bits per heavy atom. The fraction of sp³-hybridized carbons (Fsp3) is 0.381. The van der Waals surface area contributed by atoms with Crippen LogP contribution in [0.5, 0.6) is 5.75 Å². The van der Waals surface area contributed by atoms with Gasteiger partial charge in [0.05, 0.1) is 0 Å². The van der Waals surface area contributed by atoms with Crippen molar-refractivity contribution in [2.24, 2.45) is 0 Å². The van der Waals surface area contributed by atoms with Crippen LogP contribution in [0.15, 0.2) is 42.5 Å². The minimum absolute atomic E-state index is 0.0679. The summed E-state index contributed by atoms with van der Waals surface area (Å²) in [4.78, 5) is 12.4. The molecule has 0 fully saturated rings. The summed E-state index contributed by atoms with van der Waals surface area (Å²) in [6.45, 7) is 6.60. The van der Waals surface area contributed by atoms with E-state index < -0.39 is 6.10 Å². The molecule has 0 aliphatic rings. The van der Waals surface area contributed by atoms with Crippen molar-refractivity contribution in [1.82, 2.24) is 5.32 Å². The van der Waals surface area contributed by atoms with Gasteiger partial charge in [0.15, 0.2) is 6.10 Å². The largest absolute Gasteiger partial charge is 0.480 e. The van der Waals surface area contributed by atoms with Crippen molar-refractivity contribution >= 4 is 17.5 Å². The Labute approximate surface area is 155 Å². The summed E-state index contributed by atoms with van der Waals surface area (Å²) in [7, 11) is 0. The van der Waals surface area contributed by atoms with E-state index in [2.05, 4.69) is 11.4 Å². The first-order valence-corrected chi connectivity index (χ1v) is 9.14. The second-order valence-electron chi connectivity index (χ2n) is 6.27. The molecule has 0 bridgehead atoms. The lowest BCUT2D eigenvalue weighted by atomic mass is 10.1. The number of rotatable bonds is 8. The molecule has 25 heavy (non-hydrogen) atoms. The van der Waals surface area contributed by atoms with E-state index in [4.69, 9.17) is 16.3 Å². The van der Waals surface area contributed by atoms with E-state index >= 15 is 0 Å². The van der Waals surface area contributed by atoms with Gasteiger partial charge in [0, 0.05) is 11.6 Å². The van der Waals surface area contributed by atoms with E-state index in [0.717, 1.165) is 34.7 Å². The van der Waals surface area contributed by atoms with Gasteiger partial charge in [-0.3, -0.25) is 4.79 Å². The average Bonchev–Trinajstić information content (AvgIpc) is 2.59. The monoisotopic (exact) mass is 359 g/mol. The third-order valence-corrected chi connectivity index (χ3v) is 4.51. The lowest BCUT2D eigenvalue weighted by Crippen LogP contribution is -2.38. The molecule has 0 unspecified atom stereocenters. The Kier molecular flexibility index (Phi) is 7.32. The maximum Gasteiger partial charge on any atom is 0.261 e. The molecule has 1 amide bonds. The highest BCUT2D eigenvalue weighted by atomic mass is 35.5. The lowest BCUT2D eigenvalue weighted by Gasteiger charge is -2.19. The molecule has 0 aliphatic carbocycles. The molecule has 1 N–H and O–H groups in total. The number of ether oxygens (including phenoxy) is 1. The van der Waals surface area contributed by atoms with Crippen molar-refractivity contribution in [3.63, 3.8) is 0 Å². The van der Waals surface area contributed by atoms with Gasteiger partial charge in [-0.05, 0) is 56.4 Å². The van der Waals surface area contributed by atoms with Gasteiger partial charge in [-0.25, -0.2) is 0 Å². The van der Waals surface area contributed by atoms with Gasteiger partial charge < -0.3 is 10.1 Å². The number of carbonyl (C=O) groups excluding carboxylic acids is 1. The molecule has 4 heteroatoms. The summed E-state index contributed by atoms with van der Waals surface area (Å²) in [6.07, 6.45) is 1.84. The molecule has 2 aromatic rings. The van der Waals surface area contributed by atoms with Crippen LogP contribution in [0.4, 0.5) is 0 Å². The maximum absolute atomic E-state index is 12.4. The molecule has 0 saturated carbocycles. The second-order valence-corrected chi connectivity index (χ2v) is 6.68. The zero-order chi connectivity index (χ0) is 18.2. The number of aryl methyl sites for hydroxylation is 3. The molecule has 3 nitrogen and oxygen atoms in total. The Morgan fingerprint density at radius 3 is 2.64 bits per heavy atom. The van der Waals surface area contributed by atoms with Crippen LogP contribution in [0.1, 0.15) is 36.5 Å². The topological polar surface area (TPSA) is 38.3 Å². The summed E-state index contributed by atoms with van der Waals surface area (Å²) in [5.74, 6) is 0.699. The zero-order valence-corrected chi connectivity index (χ0v) is 15.9. The number of nitrogens with one attached hydrogen (secondary N) is 1. The normalized spacial score (nSPS) is 11.8. The Morgan fingerprint density at radius 1 is 1.20 bits per heavy atom. The molecule has 1 atom stereocenters. The average molecular weight is 360 g/mol. The minimum atomic E-state index is -0.471. The minimum Gasteiger partial charge on any atom is -0.480 e. The predicted molar refractivity (Wildman–Crippen MR) is 103 cm³/mol. The van der Waals surface area contributed by atoms with Gasteiger partial charge in [0.2, 0.25) is 0 Å².